The van der Waals surface area contributed by atoms with Crippen LogP contribution in [-0.2, 0) is 6.42 Å². The van der Waals surface area contributed by atoms with Gasteiger partial charge in [0.25, 0.3) is 5.91 Å². The van der Waals surface area contributed by atoms with E-state index in [2.05, 4.69) is 22.5 Å². The summed E-state index contributed by atoms with van der Waals surface area (Å²) in [5.41, 5.74) is 5.06. The molecule has 0 aliphatic rings. The van der Waals surface area contributed by atoms with Crippen LogP contribution in [0.25, 0.3) is 0 Å². The third kappa shape index (κ3) is 4.44. The van der Waals surface area contributed by atoms with Gasteiger partial charge in [0.2, 0.25) is 0 Å². The maximum atomic E-state index is 12.7. The molecule has 0 radical (unpaired) electrons. The summed E-state index contributed by atoms with van der Waals surface area (Å²) in [4.78, 5) is 16.9. The van der Waals surface area contributed by atoms with Crippen molar-refractivity contribution >= 4 is 23.0 Å². The van der Waals surface area contributed by atoms with Crippen molar-refractivity contribution in [1.29, 1.82) is 0 Å². The number of nitrogens with zero attached hydrogens (tertiary/aromatic N) is 1. The second kappa shape index (κ2) is 8.36. The first-order valence-corrected chi connectivity index (χ1v) is 8.87. The number of methoxy groups -OCH3 is 1. The molecule has 0 unspecified atom stereocenters. The minimum atomic E-state index is -0.225. The Balaban J connectivity index is 1.77. The molecule has 0 aliphatic heterocycles. The van der Waals surface area contributed by atoms with E-state index >= 15 is 0 Å². The minimum absolute atomic E-state index is 0.225. The first-order valence-electron chi connectivity index (χ1n) is 8.87. The summed E-state index contributed by atoms with van der Waals surface area (Å²) in [6.07, 6.45) is 2.48. The van der Waals surface area contributed by atoms with Crippen LogP contribution in [-0.4, -0.2) is 18.0 Å². The summed E-state index contributed by atoms with van der Waals surface area (Å²) in [7, 11) is 1.63. The first kappa shape index (κ1) is 18.5. The molecule has 1 amide bonds. The van der Waals surface area contributed by atoms with Crippen molar-refractivity contribution in [2.24, 2.45) is 0 Å². The standard InChI is InChI=1S/C22H23N3O2/c1-4-16-7-5-6-15(2)21(16)25-22(26)20-14-18(12-13-23-20)24-17-8-10-19(27-3)11-9-17/h5-14H,4H2,1-3H3,(H,23,24)(H,25,26). The Morgan fingerprint density at radius 2 is 1.85 bits per heavy atom. The Bertz CT molecular complexity index is 937. The van der Waals surface area contributed by atoms with Crippen LogP contribution in [0.3, 0.4) is 0 Å². The van der Waals surface area contributed by atoms with Gasteiger partial charge in [0, 0.05) is 23.3 Å². The number of benzene rings is 2. The van der Waals surface area contributed by atoms with Gasteiger partial charge in [-0.05, 0) is 60.9 Å². The number of amides is 1. The lowest BCUT2D eigenvalue weighted by Crippen LogP contribution is -2.16. The monoisotopic (exact) mass is 361 g/mol. The number of rotatable bonds is 6. The normalized spacial score (nSPS) is 10.3. The Labute approximate surface area is 159 Å². The lowest BCUT2D eigenvalue weighted by atomic mass is 10.1. The molecule has 3 aromatic rings. The Kier molecular flexibility index (Phi) is 5.71. The van der Waals surface area contributed by atoms with E-state index in [4.69, 9.17) is 4.74 Å². The average Bonchev–Trinajstić information content (AvgIpc) is 2.70. The second-order valence-corrected chi connectivity index (χ2v) is 6.20. The number of anilines is 3. The van der Waals surface area contributed by atoms with Crippen molar-refractivity contribution < 1.29 is 9.53 Å². The highest BCUT2D eigenvalue weighted by Crippen LogP contribution is 2.23. The van der Waals surface area contributed by atoms with Crippen LogP contribution in [0, 0.1) is 6.92 Å². The van der Waals surface area contributed by atoms with Crippen molar-refractivity contribution in [2.75, 3.05) is 17.7 Å². The summed E-state index contributed by atoms with van der Waals surface area (Å²) >= 11 is 0. The molecule has 5 heteroatoms. The number of aromatic nitrogens is 1. The maximum Gasteiger partial charge on any atom is 0.274 e. The van der Waals surface area contributed by atoms with E-state index in [0.717, 1.165) is 40.4 Å². The number of aryl methyl sites for hydroxylation is 2. The zero-order valence-electron chi connectivity index (χ0n) is 15.7. The van der Waals surface area contributed by atoms with Gasteiger partial charge in [-0.1, -0.05) is 25.1 Å². The topological polar surface area (TPSA) is 63.2 Å². The van der Waals surface area contributed by atoms with Crippen molar-refractivity contribution in [2.45, 2.75) is 20.3 Å². The predicted molar refractivity (Wildman–Crippen MR) is 109 cm³/mol. The minimum Gasteiger partial charge on any atom is -0.497 e. The van der Waals surface area contributed by atoms with Crippen LogP contribution in [0.5, 0.6) is 5.75 Å². The van der Waals surface area contributed by atoms with Gasteiger partial charge in [-0.25, -0.2) is 0 Å². The largest absolute Gasteiger partial charge is 0.497 e. The molecule has 1 heterocycles. The molecule has 0 saturated heterocycles. The zero-order chi connectivity index (χ0) is 19.2. The Morgan fingerprint density at radius 1 is 1.07 bits per heavy atom. The lowest BCUT2D eigenvalue weighted by Gasteiger charge is -2.13. The van der Waals surface area contributed by atoms with E-state index < -0.39 is 0 Å². The van der Waals surface area contributed by atoms with Crippen molar-refractivity contribution in [3.05, 3.63) is 77.6 Å². The molecule has 138 valence electrons. The van der Waals surface area contributed by atoms with Gasteiger partial charge in [0.05, 0.1) is 7.11 Å². The zero-order valence-corrected chi connectivity index (χ0v) is 15.7. The fourth-order valence-corrected chi connectivity index (χ4v) is 2.85. The van der Waals surface area contributed by atoms with E-state index in [1.807, 2.05) is 55.5 Å². The number of carbonyl (C=O) groups excluding carboxylic acids is 1. The van der Waals surface area contributed by atoms with E-state index in [-0.39, 0.29) is 5.91 Å². The highest BCUT2D eigenvalue weighted by Gasteiger charge is 2.12. The second-order valence-electron chi connectivity index (χ2n) is 6.20. The molecule has 0 spiro atoms. The van der Waals surface area contributed by atoms with Crippen LogP contribution >= 0.6 is 0 Å². The van der Waals surface area contributed by atoms with E-state index in [9.17, 15) is 4.79 Å². The highest BCUT2D eigenvalue weighted by molar-refractivity contribution is 6.04. The number of para-hydroxylation sites is 1. The van der Waals surface area contributed by atoms with Crippen LogP contribution < -0.4 is 15.4 Å². The number of hydrogen-bond donors (Lipinski definition) is 2. The molecule has 0 fully saturated rings. The van der Waals surface area contributed by atoms with Crippen molar-refractivity contribution in [3.8, 4) is 5.75 Å². The number of ether oxygens (including phenoxy) is 1. The van der Waals surface area contributed by atoms with Gasteiger partial charge in [0.15, 0.2) is 0 Å². The fourth-order valence-electron chi connectivity index (χ4n) is 2.85. The SMILES string of the molecule is CCc1cccc(C)c1NC(=O)c1cc(Nc2ccc(OC)cc2)ccn1. The number of pyridine rings is 1. The predicted octanol–water partition coefficient (Wildman–Crippen LogP) is 4.96. The third-order valence-corrected chi connectivity index (χ3v) is 4.35. The average molecular weight is 361 g/mol. The molecular weight excluding hydrogens is 338 g/mol. The summed E-state index contributed by atoms with van der Waals surface area (Å²) < 4.78 is 5.16. The summed E-state index contributed by atoms with van der Waals surface area (Å²) in [6.45, 7) is 4.06. The van der Waals surface area contributed by atoms with Gasteiger partial charge in [-0.2, -0.15) is 0 Å². The molecule has 2 N–H and O–H groups in total. The molecular formula is C22H23N3O2. The molecule has 3 rings (SSSR count). The van der Waals surface area contributed by atoms with Crippen molar-refractivity contribution in [3.63, 3.8) is 0 Å². The van der Waals surface area contributed by atoms with Gasteiger partial charge < -0.3 is 15.4 Å². The van der Waals surface area contributed by atoms with Gasteiger partial charge in [-0.3, -0.25) is 9.78 Å². The van der Waals surface area contributed by atoms with E-state index in [1.165, 1.54) is 0 Å². The lowest BCUT2D eigenvalue weighted by molar-refractivity contribution is 0.102. The number of nitrogens with one attached hydrogen (secondary N) is 2. The number of hydrogen-bond acceptors (Lipinski definition) is 4. The van der Waals surface area contributed by atoms with Crippen molar-refractivity contribution in [1.82, 2.24) is 4.98 Å². The van der Waals surface area contributed by atoms with Crippen LogP contribution in [0.1, 0.15) is 28.5 Å². The van der Waals surface area contributed by atoms with Gasteiger partial charge in [0.1, 0.15) is 11.4 Å². The Hall–Kier alpha value is -3.34. The van der Waals surface area contributed by atoms with Crippen LogP contribution in [0.2, 0.25) is 0 Å². The first-order chi connectivity index (χ1) is 13.1. The van der Waals surface area contributed by atoms with Crippen LogP contribution in [0.15, 0.2) is 60.8 Å². The number of carbonyl (C=O) groups is 1. The summed E-state index contributed by atoms with van der Waals surface area (Å²) in [6, 6.07) is 17.2. The molecule has 0 atom stereocenters. The van der Waals surface area contributed by atoms with Crippen LogP contribution in [0.4, 0.5) is 17.1 Å². The van der Waals surface area contributed by atoms with Gasteiger partial charge in [-0.15, -0.1) is 0 Å². The third-order valence-electron chi connectivity index (χ3n) is 4.35. The van der Waals surface area contributed by atoms with Gasteiger partial charge >= 0.3 is 0 Å². The van der Waals surface area contributed by atoms with E-state index in [1.54, 1.807) is 19.4 Å². The highest BCUT2D eigenvalue weighted by atomic mass is 16.5. The smallest absolute Gasteiger partial charge is 0.274 e. The molecule has 5 nitrogen and oxygen atoms in total. The fraction of sp³-hybridized carbons (Fsp3) is 0.182. The molecule has 27 heavy (non-hydrogen) atoms. The van der Waals surface area contributed by atoms with E-state index in [0.29, 0.717) is 5.69 Å². The summed E-state index contributed by atoms with van der Waals surface area (Å²) in [5.74, 6) is 0.567. The maximum absolute atomic E-state index is 12.7. The quantitative estimate of drug-likeness (QED) is 0.651. The summed E-state index contributed by atoms with van der Waals surface area (Å²) in [5, 5.41) is 6.28. The molecule has 0 aliphatic carbocycles. The molecule has 0 bridgehead atoms. The molecule has 1 aromatic heterocycles. The molecule has 0 saturated carbocycles. The molecule has 2 aromatic carbocycles. The Morgan fingerprint density at radius 3 is 2.56 bits per heavy atom.